The number of halogens is 3. The predicted octanol–water partition coefficient (Wildman–Crippen LogP) is 4.49. The Balaban J connectivity index is 2.00. The summed E-state index contributed by atoms with van der Waals surface area (Å²) in [5, 5.41) is 13.9. The van der Waals surface area contributed by atoms with Gasteiger partial charge in [-0.3, -0.25) is 0 Å². The van der Waals surface area contributed by atoms with Gasteiger partial charge in [0, 0.05) is 10.2 Å². The Labute approximate surface area is 136 Å². The Kier molecular flexibility index (Phi) is 3.95. The van der Waals surface area contributed by atoms with Crippen LogP contribution >= 0.6 is 27.5 Å². The number of hydrogen-bond donors (Lipinski definition) is 2. The van der Waals surface area contributed by atoms with Crippen LogP contribution in [0.4, 0.5) is 10.1 Å². The van der Waals surface area contributed by atoms with E-state index >= 15 is 0 Å². The molecule has 0 aliphatic heterocycles. The number of fused-ring (bicyclic) bond motifs is 1. The van der Waals surface area contributed by atoms with E-state index in [0.29, 0.717) is 23.4 Å². The minimum atomic E-state index is -0.648. The van der Waals surface area contributed by atoms with Crippen LogP contribution in [0.5, 0.6) is 0 Å². The van der Waals surface area contributed by atoms with E-state index in [1.54, 1.807) is 12.1 Å². The number of aliphatic hydroxyl groups excluding tert-OH is 1. The van der Waals surface area contributed by atoms with Gasteiger partial charge in [-0.15, -0.1) is 0 Å². The maximum absolute atomic E-state index is 13.9. The lowest BCUT2D eigenvalue weighted by atomic mass is 9.92. The molecule has 2 aromatic carbocycles. The molecule has 0 fully saturated rings. The van der Waals surface area contributed by atoms with Crippen LogP contribution in [0, 0.1) is 5.82 Å². The standard InChI is InChI=1S/C16H14BrClFNO/c17-13-8-10(4-5-14(13)18)20-16(9-21)7-6-11-12(16)2-1-3-15(11)19/h1-5,8,20-21H,6-7,9H2. The molecule has 0 saturated carbocycles. The molecule has 110 valence electrons. The summed E-state index contributed by atoms with van der Waals surface area (Å²) in [7, 11) is 0. The Morgan fingerprint density at radius 1 is 1.33 bits per heavy atom. The van der Waals surface area contributed by atoms with Gasteiger partial charge in [0.15, 0.2) is 0 Å². The molecule has 0 amide bonds. The summed E-state index contributed by atoms with van der Waals surface area (Å²) in [6.07, 6.45) is 1.27. The molecule has 5 heteroatoms. The topological polar surface area (TPSA) is 32.3 Å². The molecule has 0 radical (unpaired) electrons. The second kappa shape index (κ2) is 5.59. The molecule has 0 saturated heterocycles. The highest BCUT2D eigenvalue weighted by Crippen LogP contribution is 2.41. The van der Waals surface area contributed by atoms with Gasteiger partial charge in [-0.05, 0) is 64.2 Å². The van der Waals surface area contributed by atoms with E-state index in [1.165, 1.54) is 6.07 Å². The van der Waals surface area contributed by atoms with E-state index in [4.69, 9.17) is 11.6 Å². The number of benzene rings is 2. The van der Waals surface area contributed by atoms with Gasteiger partial charge in [-0.2, -0.15) is 0 Å². The van der Waals surface area contributed by atoms with E-state index in [-0.39, 0.29) is 12.4 Å². The summed E-state index contributed by atoms with van der Waals surface area (Å²) >= 11 is 9.38. The monoisotopic (exact) mass is 369 g/mol. The second-order valence-electron chi connectivity index (χ2n) is 5.26. The fourth-order valence-corrected chi connectivity index (χ4v) is 3.41. The molecule has 2 N–H and O–H groups in total. The van der Waals surface area contributed by atoms with Crippen LogP contribution in [0.2, 0.25) is 5.02 Å². The number of anilines is 1. The molecular formula is C16H14BrClFNO. The molecule has 21 heavy (non-hydrogen) atoms. The van der Waals surface area contributed by atoms with Crippen molar-refractivity contribution in [2.45, 2.75) is 18.4 Å². The van der Waals surface area contributed by atoms with Crippen molar-refractivity contribution in [1.29, 1.82) is 0 Å². The summed E-state index contributed by atoms with van der Waals surface area (Å²) in [6.45, 7) is -0.0936. The Bertz CT molecular complexity index is 694. The van der Waals surface area contributed by atoms with Crippen molar-refractivity contribution in [2.75, 3.05) is 11.9 Å². The lowest BCUT2D eigenvalue weighted by Crippen LogP contribution is -2.36. The molecule has 3 rings (SSSR count). The summed E-state index contributed by atoms with van der Waals surface area (Å²) < 4.78 is 14.7. The zero-order valence-corrected chi connectivity index (χ0v) is 13.5. The molecule has 1 unspecified atom stereocenters. The van der Waals surface area contributed by atoms with Crippen LogP contribution in [0.25, 0.3) is 0 Å². The SMILES string of the molecule is OCC1(Nc2ccc(Cl)c(Br)c2)CCc2c(F)cccc21. The van der Waals surface area contributed by atoms with Crippen LogP contribution < -0.4 is 5.32 Å². The van der Waals surface area contributed by atoms with Crippen molar-refractivity contribution in [2.24, 2.45) is 0 Å². The van der Waals surface area contributed by atoms with Gasteiger partial charge in [-0.25, -0.2) is 4.39 Å². The van der Waals surface area contributed by atoms with Gasteiger partial charge >= 0.3 is 0 Å². The molecule has 0 heterocycles. The highest BCUT2D eigenvalue weighted by atomic mass is 79.9. The molecule has 0 bridgehead atoms. The lowest BCUT2D eigenvalue weighted by Gasteiger charge is -2.31. The van der Waals surface area contributed by atoms with Crippen molar-refractivity contribution >= 4 is 33.2 Å². The first-order valence-electron chi connectivity index (χ1n) is 6.68. The lowest BCUT2D eigenvalue weighted by molar-refractivity contribution is 0.211. The first-order valence-corrected chi connectivity index (χ1v) is 7.85. The molecule has 0 spiro atoms. The van der Waals surface area contributed by atoms with Crippen LogP contribution in [-0.2, 0) is 12.0 Å². The van der Waals surface area contributed by atoms with Gasteiger partial charge in [-0.1, -0.05) is 23.7 Å². The average molecular weight is 371 g/mol. The van der Waals surface area contributed by atoms with Crippen LogP contribution in [0.1, 0.15) is 17.5 Å². The van der Waals surface area contributed by atoms with Gasteiger partial charge < -0.3 is 10.4 Å². The van der Waals surface area contributed by atoms with Gasteiger partial charge in [0.2, 0.25) is 0 Å². The van der Waals surface area contributed by atoms with E-state index in [1.807, 2.05) is 18.2 Å². The maximum Gasteiger partial charge on any atom is 0.126 e. The van der Waals surface area contributed by atoms with Crippen molar-refractivity contribution in [3.63, 3.8) is 0 Å². The highest BCUT2D eigenvalue weighted by molar-refractivity contribution is 9.10. The second-order valence-corrected chi connectivity index (χ2v) is 6.52. The smallest absolute Gasteiger partial charge is 0.126 e. The number of nitrogens with one attached hydrogen (secondary N) is 1. The van der Waals surface area contributed by atoms with Crippen LogP contribution in [0.15, 0.2) is 40.9 Å². The predicted molar refractivity (Wildman–Crippen MR) is 86.3 cm³/mol. The van der Waals surface area contributed by atoms with Gasteiger partial charge in [0.1, 0.15) is 5.82 Å². The largest absolute Gasteiger partial charge is 0.394 e. The Hall–Kier alpha value is -1.10. The van der Waals surface area contributed by atoms with E-state index in [9.17, 15) is 9.50 Å². The minimum Gasteiger partial charge on any atom is -0.394 e. The number of aliphatic hydroxyl groups is 1. The van der Waals surface area contributed by atoms with E-state index in [2.05, 4.69) is 21.2 Å². The molecule has 2 nitrogen and oxygen atoms in total. The Morgan fingerprint density at radius 2 is 2.14 bits per heavy atom. The zero-order chi connectivity index (χ0) is 15.0. The van der Waals surface area contributed by atoms with Crippen molar-refractivity contribution in [3.05, 3.63) is 62.8 Å². The van der Waals surface area contributed by atoms with Gasteiger partial charge in [0.25, 0.3) is 0 Å². The fraction of sp³-hybridized carbons (Fsp3) is 0.250. The van der Waals surface area contributed by atoms with E-state index < -0.39 is 5.54 Å². The van der Waals surface area contributed by atoms with Crippen molar-refractivity contribution < 1.29 is 9.50 Å². The zero-order valence-electron chi connectivity index (χ0n) is 11.2. The third-order valence-electron chi connectivity index (χ3n) is 4.01. The first-order chi connectivity index (χ1) is 10.1. The van der Waals surface area contributed by atoms with E-state index in [0.717, 1.165) is 15.7 Å². The fourth-order valence-electron chi connectivity index (χ4n) is 2.92. The van der Waals surface area contributed by atoms with Gasteiger partial charge in [0.05, 0.1) is 17.2 Å². The first kappa shape index (κ1) is 14.8. The minimum absolute atomic E-state index is 0.0936. The third kappa shape index (κ3) is 2.56. The molecule has 1 aliphatic rings. The maximum atomic E-state index is 13.9. The summed E-state index contributed by atoms with van der Waals surface area (Å²) in [4.78, 5) is 0. The number of hydrogen-bond acceptors (Lipinski definition) is 2. The number of rotatable bonds is 3. The summed E-state index contributed by atoms with van der Waals surface area (Å²) in [5.41, 5.74) is 1.70. The van der Waals surface area contributed by atoms with Crippen molar-refractivity contribution in [3.8, 4) is 0 Å². The molecule has 2 aromatic rings. The molecule has 0 aromatic heterocycles. The molecular weight excluding hydrogens is 357 g/mol. The molecule has 1 atom stereocenters. The van der Waals surface area contributed by atoms with Crippen LogP contribution in [-0.4, -0.2) is 11.7 Å². The average Bonchev–Trinajstić information content (AvgIpc) is 2.84. The third-order valence-corrected chi connectivity index (χ3v) is 5.22. The summed E-state index contributed by atoms with van der Waals surface area (Å²) in [5.74, 6) is -0.207. The normalized spacial score (nSPS) is 20.4. The molecule has 1 aliphatic carbocycles. The summed E-state index contributed by atoms with van der Waals surface area (Å²) in [6, 6.07) is 10.5. The van der Waals surface area contributed by atoms with Crippen LogP contribution in [0.3, 0.4) is 0 Å². The van der Waals surface area contributed by atoms with Crippen molar-refractivity contribution in [1.82, 2.24) is 0 Å². The highest BCUT2D eigenvalue weighted by Gasteiger charge is 2.39. The quantitative estimate of drug-likeness (QED) is 0.834. The Morgan fingerprint density at radius 3 is 2.86 bits per heavy atom.